The summed E-state index contributed by atoms with van der Waals surface area (Å²) in [5.74, 6) is -0.214. The lowest BCUT2D eigenvalue weighted by Crippen LogP contribution is -2.55. The van der Waals surface area contributed by atoms with Crippen LogP contribution in [-0.4, -0.2) is 64.8 Å². The molecule has 2 aromatic carbocycles. The van der Waals surface area contributed by atoms with E-state index in [9.17, 15) is 22.4 Å². The highest BCUT2D eigenvalue weighted by atomic mass is 35.5. The standard InChI is InChI=1S/C25H26ClF4N5OS.C3H4O/c1-12-8-34(9-13(2)33(12)3)23-16-7-17(25(28,29)30)20(14-4-5-19(27)18(26)6-14)22-21(16)35(24(36)32-23)10-15(31)11-37-22;1-2-3-4/h4-7,12-13,15H,8-11,31H2,1-3H3;2-3H,1H2. The van der Waals surface area contributed by atoms with E-state index in [0.717, 1.165) is 23.9 Å². The maximum Gasteiger partial charge on any atom is 0.417 e. The minimum Gasteiger partial charge on any atom is -0.353 e. The summed E-state index contributed by atoms with van der Waals surface area (Å²) in [6, 6.07) is 4.28. The molecule has 3 unspecified atom stereocenters. The Balaban J connectivity index is 0.000000909. The van der Waals surface area contributed by atoms with Gasteiger partial charge >= 0.3 is 11.9 Å². The number of benzene rings is 2. The number of allylic oxidation sites excluding steroid dienone is 1. The summed E-state index contributed by atoms with van der Waals surface area (Å²) in [4.78, 5) is 31.0. The zero-order valence-electron chi connectivity index (χ0n) is 22.7. The van der Waals surface area contributed by atoms with Gasteiger partial charge in [0.2, 0.25) is 0 Å². The van der Waals surface area contributed by atoms with Crippen molar-refractivity contribution >= 4 is 46.4 Å². The average molecular weight is 612 g/mol. The van der Waals surface area contributed by atoms with Crippen LogP contribution in [-0.2, 0) is 17.5 Å². The van der Waals surface area contributed by atoms with E-state index in [-0.39, 0.29) is 56.6 Å². The van der Waals surface area contributed by atoms with E-state index < -0.39 is 29.3 Å². The van der Waals surface area contributed by atoms with Gasteiger partial charge in [-0.25, -0.2) is 9.18 Å². The van der Waals surface area contributed by atoms with Crippen LogP contribution >= 0.6 is 23.4 Å². The lowest BCUT2D eigenvalue weighted by molar-refractivity contribution is -0.137. The molecular formula is C28H30ClF4N5O2S. The number of nitrogens with two attached hydrogens (primary N) is 1. The van der Waals surface area contributed by atoms with Crippen LogP contribution in [0, 0.1) is 5.82 Å². The van der Waals surface area contributed by atoms with Gasteiger partial charge in [-0.15, -0.1) is 11.8 Å². The van der Waals surface area contributed by atoms with Crippen molar-refractivity contribution in [2.24, 2.45) is 5.73 Å². The van der Waals surface area contributed by atoms with Gasteiger partial charge in [0.25, 0.3) is 0 Å². The predicted octanol–water partition coefficient (Wildman–Crippen LogP) is 5.21. The number of alkyl halides is 3. The second-order valence-corrected chi connectivity index (χ2v) is 11.6. The van der Waals surface area contributed by atoms with Gasteiger partial charge in [0.15, 0.2) is 0 Å². The molecule has 220 valence electrons. The number of aldehydes is 1. The molecule has 1 saturated heterocycles. The lowest BCUT2D eigenvalue weighted by atomic mass is 9.96. The summed E-state index contributed by atoms with van der Waals surface area (Å²) in [6.07, 6.45) is -2.91. The van der Waals surface area contributed by atoms with Crippen molar-refractivity contribution in [2.45, 2.75) is 49.6 Å². The number of piperazine rings is 1. The second-order valence-electron chi connectivity index (χ2n) is 10.2. The van der Waals surface area contributed by atoms with Gasteiger partial charge in [-0.1, -0.05) is 24.2 Å². The number of likely N-dealkylation sites (N-methyl/N-ethyl adjacent to an activating group) is 1. The highest BCUT2D eigenvalue weighted by molar-refractivity contribution is 7.99. The number of hydrogen-bond donors (Lipinski definition) is 1. The van der Waals surface area contributed by atoms with Crippen molar-refractivity contribution in [3.05, 3.63) is 63.8 Å². The van der Waals surface area contributed by atoms with Gasteiger partial charge in [0.1, 0.15) is 17.9 Å². The van der Waals surface area contributed by atoms with E-state index >= 15 is 0 Å². The molecule has 2 aliphatic rings. The van der Waals surface area contributed by atoms with Crippen molar-refractivity contribution < 1.29 is 22.4 Å². The molecule has 5 rings (SSSR count). The maximum absolute atomic E-state index is 14.6. The van der Waals surface area contributed by atoms with Crippen LogP contribution in [0.5, 0.6) is 0 Å². The minimum atomic E-state index is -4.74. The first-order chi connectivity index (χ1) is 19.3. The Morgan fingerprint density at radius 1 is 1.17 bits per heavy atom. The SMILES string of the molecule is C=CC=O.CC1CN(c2nc(=O)n3c4c(c(-c5ccc(F)c(Cl)c5)c(C(F)(F)F)cc24)SCC(N)C3)CC(C)N1C. The first-order valence-corrected chi connectivity index (χ1v) is 14.2. The topological polar surface area (TPSA) is 84.5 Å². The summed E-state index contributed by atoms with van der Waals surface area (Å²) >= 11 is 7.14. The molecule has 0 spiro atoms. The highest BCUT2D eigenvalue weighted by Gasteiger charge is 2.39. The summed E-state index contributed by atoms with van der Waals surface area (Å²) in [7, 11) is 2.00. The summed E-state index contributed by atoms with van der Waals surface area (Å²) < 4.78 is 59.2. The number of carbonyl (C=O) groups is 1. The van der Waals surface area contributed by atoms with E-state index in [0.29, 0.717) is 24.9 Å². The van der Waals surface area contributed by atoms with Crippen LogP contribution in [0.4, 0.5) is 23.4 Å². The fourth-order valence-corrected chi connectivity index (χ4v) is 6.56. The fourth-order valence-electron chi connectivity index (χ4n) is 5.16. The van der Waals surface area contributed by atoms with Crippen molar-refractivity contribution in [1.82, 2.24) is 14.5 Å². The predicted molar refractivity (Wildman–Crippen MR) is 155 cm³/mol. The Morgan fingerprint density at radius 3 is 2.37 bits per heavy atom. The molecule has 41 heavy (non-hydrogen) atoms. The Labute approximate surface area is 244 Å². The Bertz CT molecular complexity index is 1530. The smallest absolute Gasteiger partial charge is 0.353 e. The van der Waals surface area contributed by atoms with Gasteiger partial charge in [-0.05, 0) is 50.7 Å². The van der Waals surface area contributed by atoms with Crippen LogP contribution in [0.3, 0.4) is 0 Å². The molecule has 0 saturated carbocycles. The Kier molecular flexibility index (Phi) is 9.17. The summed E-state index contributed by atoms with van der Waals surface area (Å²) in [5, 5.41) is -0.0501. The second kappa shape index (κ2) is 12.1. The number of carbonyl (C=O) groups excluding carboxylic acids is 1. The van der Waals surface area contributed by atoms with E-state index in [2.05, 4.69) is 16.5 Å². The molecule has 0 aliphatic carbocycles. The van der Waals surface area contributed by atoms with Gasteiger partial charge in [0.05, 0.1) is 16.1 Å². The molecule has 1 aromatic heterocycles. The molecule has 1 fully saturated rings. The number of rotatable bonds is 3. The normalized spacial score (nSPS) is 21.2. The molecule has 2 aliphatic heterocycles. The van der Waals surface area contributed by atoms with Crippen molar-refractivity contribution in [1.29, 1.82) is 0 Å². The third-order valence-corrected chi connectivity index (χ3v) is 8.90. The van der Waals surface area contributed by atoms with Crippen molar-refractivity contribution in [3.63, 3.8) is 0 Å². The van der Waals surface area contributed by atoms with Crippen LogP contribution < -0.4 is 16.3 Å². The zero-order valence-corrected chi connectivity index (χ0v) is 24.3. The molecule has 13 heteroatoms. The largest absolute Gasteiger partial charge is 0.417 e. The van der Waals surface area contributed by atoms with Gasteiger partial charge in [-0.3, -0.25) is 14.3 Å². The van der Waals surface area contributed by atoms with Gasteiger partial charge in [0, 0.05) is 59.4 Å². The van der Waals surface area contributed by atoms with Crippen LogP contribution in [0.25, 0.3) is 22.0 Å². The van der Waals surface area contributed by atoms with Gasteiger partial charge in [-0.2, -0.15) is 18.2 Å². The minimum absolute atomic E-state index is 0.101. The Hall–Kier alpha value is -2.93. The van der Waals surface area contributed by atoms with E-state index in [1.165, 1.54) is 22.8 Å². The van der Waals surface area contributed by atoms with E-state index in [1.54, 1.807) is 0 Å². The monoisotopic (exact) mass is 611 g/mol. The van der Waals surface area contributed by atoms with Crippen LogP contribution in [0.2, 0.25) is 5.02 Å². The number of nitrogens with zero attached hydrogens (tertiary/aromatic N) is 4. The maximum atomic E-state index is 14.6. The first kappa shape index (κ1) is 31.0. The molecule has 3 atom stereocenters. The number of thioether (sulfide) groups is 1. The average Bonchev–Trinajstić information content (AvgIpc) is 3.09. The number of anilines is 1. The van der Waals surface area contributed by atoms with Crippen molar-refractivity contribution in [3.8, 4) is 11.1 Å². The molecular weight excluding hydrogens is 582 g/mol. The molecule has 0 radical (unpaired) electrons. The van der Waals surface area contributed by atoms with E-state index in [4.69, 9.17) is 22.1 Å². The fraction of sp³-hybridized carbons (Fsp3) is 0.393. The third kappa shape index (κ3) is 6.15. The highest BCUT2D eigenvalue weighted by Crippen LogP contribution is 2.48. The molecule has 3 aromatic rings. The third-order valence-electron chi connectivity index (χ3n) is 7.33. The first-order valence-electron chi connectivity index (χ1n) is 12.8. The Morgan fingerprint density at radius 2 is 1.80 bits per heavy atom. The molecule has 7 nitrogen and oxygen atoms in total. The summed E-state index contributed by atoms with van der Waals surface area (Å²) in [6.45, 7) is 8.29. The molecule has 0 amide bonds. The van der Waals surface area contributed by atoms with Crippen LogP contribution in [0.15, 0.2) is 46.6 Å². The summed E-state index contributed by atoms with van der Waals surface area (Å²) in [5.41, 5.74) is 5.08. The lowest BCUT2D eigenvalue weighted by Gasteiger charge is -2.43. The number of hydrogen-bond acceptors (Lipinski definition) is 7. The van der Waals surface area contributed by atoms with Gasteiger partial charge < -0.3 is 10.6 Å². The molecule has 2 N–H and O–H groups in total. The number of halogens is 5. The van der Waals surface area contributed by atoms with Crippen LogP contribution in [0.1, 0.15) is 19.4 Å². The zero-order chi connectivity index (χ0) is 30.2. The van der Waals surface area contributed by atoms with Crippen molar-refractivity contribution in [2.75, 3.05) is 30.8 Å². The molecule has 3 heterocycles. The van der Waals surface area contributed by atoms with E-state index in [1.807, 2.05) is 25.8 Å². The number of aromatic nitrogens is 2. The quantitative estimate of drug-likeness (QED) is 0.247. The molecule has 0 bridgehead atoms.